The van der Waals surface area contributed by atoms with E-state index < -0.39 is 0 Å². The molecule has 2 aromatic rings. The molecule has 0 amide bonds. The van der Waals surface area contributed by atoms with E-state index in [1.807, 2.05) is 0 Å². The molecule has 1 unspecified atom stereocenters. The Balaban J connectivity index is 2.08. The minimum atomic E-state index is -0.135. The van der Waals surface area contributed by atoms with Crippen LogP contribution in [0.15, 0.2) is 60.7 Å². The zero-order valence-electron chi connectivity index (χ0n) is 10.5. The third-order valence-electron chi connectivity index (χ3n) is 3.62. The van der Waals surface area contributed by atoms with E-state index in [9.17, 15) is 0 Å². The highest BCUT2D eigenvalue weighted by Crippen LogP contribution is 2.38. The predicted octanol–water partition coefficient (Wildman–Crippen LogP) is 4.13. The molecule has 0 heterocycles. The summed E-state index contributed by atoms with van der Waals surface area (Å²) in [7, 11) is 0. The fourth-order valence-electron chi connectivity index (χ4n) is 2.77. The maximum atomic E-state index is 4.05. The van der Waals surface area contributed by atoms with Crippen molar-refractivity contribution in [2.45, 2.75) is 8.60 Å². The van der Waals surface area contributed by atoms with Crippen molar-refractivity contribution in [3.8, 4) is 0 Å². The van der Waals surface area contributed by atoms with E-state index in [-0.39, 0.29) is 20.4 Å². The van der Waals surface area contributed by atoms with E-state index in [1.165, 1.54) is 22.3 Å². The Kier molecular flexibility index (Phi) is 3.53. The average Bonchev–Trinajstić information content (AvgIpc) is 2.80. The molecule has 0 saturated carbocycles. The summed E-state index contributed by atoms with van der Waals surface area (Å²) in [6.07, 6.45) is 2.47. The van der Waals surface area contributed by atoms with Crippen molar-refractivity contribution in [2.24, 2.45) is 0 Å². The number of benzene rings is 2. The van der Waals surface area contributed by atoms with E-state index in [0.717, 1.165) is 4.55 Å². The second-order valence-electron chi connectivity index (χ2n) is 4.78. The first-order chi connectivity index (χ1) is 8.90. The first kappa shape index (κ1) is 12.0. The SMILES string of the molecule is [CH2][CH2][Mg][CH]1C=C(c2ccccc2)c2ccccc21. The van der Waals surface area contributed by atoms with Gasteiger partial charge in [-0.2, -0.15) is 0 Å². The molecule has 0 nitrogen and oxygen atoms in total. The Morgan fingerprint density at radius 1 is 0.944 bits per heavy atom. The largest absolute Gasteiger partial charge is 0.381 e. The van der Waals surface area contributed by atoms with Gasteiger partial charge in [-0.05, 0) is 16.7 Å². The van der Waals surface area contributed by atoms with Crippen molar-refractivity contribution in [1.29, 1.82) is 0 Å². The Morgan fingerprint density at radius 2 is 1.67 bits per heavy atom. The van der Waals surface area contributed by atoms with Gasteiger partial charge in [0.05, 0.1) is 0 Å². The van der Waals surface area contributed by atoms with Crippen LogP contribution in [0.3, 0.4) is 0 Å². The van der Waals surface area contributed by atoms with Gasteiger partial charge in [0.15, 0.2) is 0 Å². The summed E-state index contributed by atoms with van der Waals surface area (Å²) < 4.78 is 1.80. The molecule has 0 bridgehead atoms. The first-order valence-electron chi connectivity index (χ1n) is 6.56. The Morgan fingerprint density at radius 3 is 2.44 bits per heavy atom. The number of hydrogen-bond donors (Lipinski definition) is 0. The van der Waals surface area contributed by atoms with Gasteiger partial charge in [-0.15, -0.1) is 4.55 Å². The summed E-state index contributed by atoms with van der Waals surface area (Å²) in [5, 5.41) is 0. The molecule has 1 atom stereocenters. The summed E-state index contributed by atoms with van der Waals surface area (Å²) in [4.78, 5) is 0. The molecule has 1 aliphatic carbocycles. The highest BCUT2D eigenvalue weighted by Gasteiger charge is 2.23. The molecule has 0 spiro atoms. The molecule has 2 aromatic carbocycles. The smallest absolute Gasteiger partial charge is 0.144 e. The van der Waals surface area contributed by atoms with Crippen molar-refractivity contribution in [1.82, 2.24) is 0 Å². The maximum Gasteiger partial charge on any atom is 0.381 e. The van der Waals surface area contributed by atoms with Crippen LogP contribution in [-0.2, 0) is 0 Å². The van der Waals surface area contributed by atoms with E-state index in [4.69, 9.17) is 0 Å². The molecule has 1 radical (unpaired) electrons. The van der Waals surface area contributed by atoms with Gasteiger partial charge in [0, 0.05) is 0 Å². The van der Waals surface area contributed by atoms with Crippen LogP contribution in [0.1, 0.15) is 20.7 Å². The monoisotopic (exact) mass is 243 g/mol. The van der Waals surface area contributed by atoms with Gasteiger partial charge < -0.3 is 0 Å². The second kappa shape index (κ2) is 5.29. The lowest BCUT2D eigenvalue weighted by Gasteiger charge is -2.08. The lowest BCUT2D eigenvalue weighted by atomic mass is 9.99. The fourth-order valence-corrected chi connectivity index (χ4v) is 4.28. The number of rotatable bonds is 3. The summed E-state index contributed by atoms with van der Waals surface area (Å²) in [5.41, 5.74) is 5.70. The second-order valence-corrected chi connectivity index (χ2v) is 6.95. The van der Waals surface area contributed by atoms with Gasteiger partial charge in [0.25, 0.3) is 0 Å². The zero-order valence-corrected chi connectivity index (χ0v) is 11.9. The highest BCUT2D eigenvalue weighted by atomic mass is 24.5. The van der Waals surface area contributed by atoms with Gasteiger partial charge >= 0.3 is 20.4 Å². The summed E-state index contributed by atoms with van der Waals surface area (Å²) in [6, 6.07) is 19.6. The van der Waals surface area contributed by atoms with Crippen molar-refractivity contribution in [3.05, 3.63) is 84.3 Å². The molecule has 1 heteroatoms. The van der Waals surface area contributed by atoms with Crippen molar-refractivity contribution in [2.75, 3.05) is 0 Å². The quantitative estimate of drug-likeness (QED) is 0.711. The van der Waals surface area contributed by atoms with Crippen molar-refractivity contribution < 1.29 is 0 Å². The molecular weight excluding hydrogens is 228 g/mol. The summed E-state index contributed by atoms with van der Waals surface area (Å²) >= 11 is -0.135. The van der Waals surface area contributed by atoms with Crippen LogP contribution in [0.4, 0.5) is 0 Å². The average molecular weight is 244 g/mol. The Bertz CT molecular complexity index is 569. The normalized spacial score (nSPS) is 16.9. The molecule has 0 N–H and O–H groups in total. The molecule has 1 aliphatic rings. The minimum Gasteiger partial charge on any atom is -0.144 e. The molecule has 0 fully saturated rings. The van der Waals surface area contributed by atoms with Crippen LogP contribution in [0, 0.1) is 6.92 Å². The number of allylic oxidation sites excluding steroid dienone is 1. The fraction of sp³-hybridized carbons (Fsp3) is 0.118. The topological polar surface area (TPSA) is 0 Å². The molecule has 0 aliphatic heterocycles. The van der Waals surface area contributed by atoms with Crippen LogP contribution in [0.2, 0.25) is 4.55 Å². The van der Waals surface area contributed by atoms with Crippen LogP contribution in [-0.4, -0.2) is 20.4 Å². The molecule has 3 rings (SSSR count). The lowest BCUT2D eigenvalue weighted by Crippen LogP contribution is -2.01. The lowest BCUT2D eigenvalue weighted by molar-refractivity contribution is 1.22. The van der Waals surface area contributed by atoms with Gasteiger partial charge in [-0.1, -0.05) is 77.2 Å². The first-order valence-corrected chi connectivity index (χ1v) is 8.37. The molecule has 0 saturated heterocycles. The van der Waals surface area contributed by atoms with E-state index in [0.29, 0.717) is 4.05 Å². The van der Waals surface area contributed by atoms with Crippen molar-refractivity contribution in [3.63, 3.8) is 0 Å². The zero-order chi connectivity index (χ0) is 12.4. The minimum absolute atomic E-state index is 0.135. The van der Waals surface area contributed by atoms with Gasteiger partial charge in [0.2, 0.25) is 0 Å². The molecule has 85 valence electrons. The number of hydrogen-bond acceptors (Lipinski definition) is 0. The molecular formula is C17H15Mg. The molecule has 18 heavy (non-hydrogen) atoms. The van der Waals surface area contributed by atoms with E-state index in [2.05, 4.69) is 67.6 Å². The van der Waals surface area contributed by atoms with Crippen LogP contribution < -0.4 is 0 Å². The Labute approximate surface area is 118 Å². The third kappa shape index (κ3) is 2.13. The van der Waals surface area contributed by atoms with Crippen LogP contribution in [0.5, 0.6) is 0 Å². The van der Waals surface area contributed by atoms with Crippen LogP contribution >= 0.6 is 0 Å². The standard InChI is InChI=1S/C15H11.C2H4.Mg/c1-2-6-12(7-3-1)15-11-10-13-8-4-5-9-14(13)15;1-2;/h1-11H;1-2H2;. The van der Waals surface area contributed by atoms with Gasteiger partial charge in [0.1, 0.15) is 0 Å². The number of fused-ring (bicyclic) bond motifs is 1. The maximum absolute atomic E-state index is 4.05. The van der Waals surface area contributed by atoms with Gasteiger partial charge in [-0.3, -0.25) is 0 Å². The van der Waals surface area contributed by atoms with E-state index in [1.54, 1.807) is 0 Å². The predicted molar refractivity (Wildman–Crippen MR) is 78.6 cm³/mol. The molecule has 0 aromatic heterocycles. The summed E-state index contributed by atoms with van der Waals surface area (Å²) in [6.45, 7) is 4.05. The van der Waals surface area contributed by atoms with E-state index >= 15 is 0 Å². The van der Waals surface area contributed by atoms with Gasteiger partial charge in [-0.25, -0.2) is 0 Å². The van der Waals surface area contributed by atoms with Crippen molar-refractivity contribution >= 4 is 25.9 Å². The van der Waals surface area contributed by atoms with Crippen LogP contribution in [0.25, 0.3) is 5.57 Å². The third-order valence-corrected chi connectivity index (χ3v) is 5.32. The Hall–Kier alpha value is -1.05. The summed E-state index contributed by atoms with van der Waals surface area (Å²) in [5.74, 6) is 0. The highest BCUT2D eigenvalue weighted by molar-refractivity contribution is 6.40.